The fourth-order valence-electron chi connectivity index (χ4n) is 10.3. The number of hydrogen-bond donors (Lipinski definition) is 3. The monoisotopic (exact) mass is 1000 g/mol. The van der Waals surface area contributed by atoms with E-state index in [0.717, 1.165) is 38.5 Å². The molecule has 3 N–H and O–H groups in total. The van der Waals surface area contributed by atoms with Gasteiger partial charge in [0.15, 0.2) is 0 Å². The number of aliphatic hydroxyl groups is 2. The molecule has 0 aromatic rings. The van der Waals surface area contributed by atoms with Crippen LogP contribution in [-0.2, 0) is 14.3 Å². The van der Waals surface area contributed by atoms with Crippen LogP contribution in [0.25, 0.3) is 0 Å². The molecule has 2 atom stereocenters. The van der Waals surface area contributed by atoms with Crippen molar-refractivity contribution in [3.05, 3.63) is 12.2 Å². The summed E-state index contributed by atoms with van der Waals surface area (Å²) in [5.41, 5.74) is 0. The van der Waals surface area contributed by atoms with Crippen LogP contribution in [0.1, 0.15) is 367 Å². The highest BCUT2D eigenvalue weighted by Gasteiger charge is 2.18. The van der Waals surface area contributed by atoms with E-state index in [-0.39, 0.29) is 18.5 Å². The molecular weight excluding hydrogens is 875 g/mol. The van der Waals surface area contributed by atoms with Gasteiger partial charge in [-0.1, -0.05) is 334 Å². The van der Waals surface area contributed by atoms with E-state index in [2.05, 4.69) is 19.2 Å². The van der Waals surface area contributed by atoms with Gasteiger partial charge >= 0.3 is 5.97 Å². The van der Waals surface area contributed by atoms with Crippen molar-refractivity contribution in [2.24, 2.45) is 0 Å². The number of unbranched alkanes of at least 4 members (excludes halogenated alkanes) is 50. The molecule has 0 saturated carbocycles. The van der Waals surface area contributed by atoms with E-state index in [4.69, 9.17) is 4.74 Å². The first-order valence-corrected chi connectivity index (χ1v) is 32.5. The van der Waals surface area contributed by atoms with E-state index < -0.39 is 12.1 Å². The smallest absolute Gasteiger partial charge is 0.305 e. The lowest BCUT2D eigenvalue weighted by atomic mass is 10.0. The second-order valence-electron chi connectivity index (χ2n) is 22.5. The zero-order valence-electron chi connectivity index (χ0n) is 48.2. The molecule has 0 saturated heterocycles. The topological polar surface area (TPSA) is 95.9 Å². The number of amides is 1. The summed E-state index contributed by atoms with van der Waals surface area (Å²) < 4.78 is 5.47. The van der Waals surface area contributed by atoms with E-state index in [1.165, 1.54) is 302 Å². The maximum Gasteiger partial charge on any atom is 0.305 e. The average Bonchev–Trinajstić information content (AvgIpc) is 3.37. The Morgan fingerprint density at radius 2 is 0.648 bits per heavy atom. The van der Waals surface area contributed by atoms with Crippen LogP contribution in [0.15, 0.2) is 12.2 Å². The largest absolute Gasteiger partial charge is 0.466 e. The standard InChI is InChI=1S/C65H127NO5/c1-3-5-7-9-11-13-15-16-17-18-19-20-21-22-25-28-31-34-38-41-45-49-53-57-63(68)62(61-67)66-64(69)58-54-50-46-42-39-35-32-29-26-23-24-27-30-33-36-40-44-48-52-56-60-71-65(70)59-55-51-47-43-37-14-12-10-8-6-4-2/h53,57,62-63,67-68H,3-52,54-56,58-61H2,1-2H3,(H,66,69)/b57-53+. The minimum atomic E-state index is -0.846. The molecule has 0 radical (unpaired) electrons. The van der Waals surface area contributed by atoms with Crippen molar-refractivity contribution in [1.29, 1.82) is 0 Å². The van der Waals surface area contributed by atoms with Crippen molar-refractivity contribution in [1.82, 2.24) is 5.32 Å². The lowest BCUT2D eigenvalue weighted by Crippen LogP contribution is -2.45. The van der Waals surface area contributed by atoms with Gasteiger partial charge in [-0.3, -0.25) is 9.59 Å². The average molecular weight is 1000 g/mol. The van der Waals surface area contributed by atoms with Gasteiger partial charge in [0, 0.05) is 12.8 Å². The number of ether oxygens (including phenoxy) is 1. The minimum absolute atomic E-state index is 0.0105. The number of allylic oxidation sites excluding steroid dienone is 1. The van der Waals surface area contributed by atoms with E-state index in [0.29, 0.717) is 19.4 Å². The Morgan fingerprint density at radius 3 is 0.958 bits per heavy atom. The highest BCUT2D eigenvalue weighted by atomic mass is 16.5. The second-order valence-corrected chi connectivity index (χ2v) is 22.5. The molecule has 0 aliphatic rings. The predicted octanol–water partition coefficient (Wildman–Crippen LogP) is 20.4. The third-order valence-corrected chi connectivity index (χ3v) is 15.3. The maximum absolute atomic E-state index is 12.5. The van der Waals surface area contributed by atoms with E-state index in [9.17, 15) is 19.8 Å². The number of carbonyl (C=O) groups excluding carboxylic acids is 2. The van der Waals surface area contributed by atoms with Crippen LogP contribution in [0.2, 0.25) is 0 Å². The SMILES string of the molecule is CCCCCCCCCCCCCCCCCCCCCCC/C=C/C(O)C(CO)NC(=O)CCCCCCCCCCCCCCCCCCCCCCOC(=O)CCCCCCCCCCCCC. The molecule has 422 valence electrons. The molecule has 0 aliphatic carbocycles. The molecule has 0 aromatic heterocycles. The molecule has 0 spiro atoms. The van der Waals surface area contributed by atoms with Crippen molar-refractivity contribution in [3.63, 3.8) is 0 Å². The number of nitrogens with one attached hydrogen (secondary N) is 1. The second kappa shape index (κ2) is 61.1. The lowest BCUT2D eigenvalue weighted by Gasteiger charge is -2.20. The molecule has 0 aromatic carbocycles. The van der Waals surface area contributed by atoms with E-state index in [1.807, 2.05) is 6.08 Å². The van der Waals surface area contributed by atoms with Crippen molar-refractivity contribution in [2.45, 2.75) is 379 Å². The first kappa shape index (κ1) is 69.6. The van der Waals surface area contributed by atoms with Crippen molar-refractivity contribution >= 4 is 11.9 Å². The lowest BCUT2D eigenvalue weighted by molar-refractivity contribution is -0.143. The number of aliphatic hydroxyl groups excluding tert-OH is 2. The summed E-state index contributed by atoms with van der Waals surface area (Å²) in [6, 6.07) is -0.629. The first-order chi connectivity index (χ1) is 35.0. The summed E-state index contributed by atoms with van der Waals surface area (Å²) in [6.07, 6.45) is 74.0. The zero-order valence-corrected chi connectivity index (χ0v) is 48.2. The molecule has 0 heterocycles. The molecule has 2 unspecified atom stereocenters. The molecule has 0 bridgehead atoms. The Hall–Kier alpha value is -1.40. The number of carbonyl (C=O) groups is 2. The quantitative estimate of drug-likeness (QED) is 0.0320. The van der Waals surface area contributed by atoms with Crippen LogP contribution in [-0.4, -0.2) is 47.4 Å². The van der Waals surface area contributed by atoms with Gasteiger partial charge in [-0.05, 0) is 32.1 Å². The molecule has 1 amide bonds. The first-order valence-electron chi connectivity index (χ1n) is 32.5. The Balaban J connectivity index is 3.42. The van der Waals surface area contributed by atoms with Crippen LogP contribution in [0, 0.1) is 0 Å². The summed E-state index contributed by atoms with van der Waals surface area (Å²) in [5, 5.41) is 23.2. The fourth-order valence-corrected chi connectivity index (χ4v) is 10.3. The fraction of sp³-hybridized carbons (Fsp3) is 0.938. The molecule has 0 fully saturated rings. The number of hydrogen-bond acceptors (Lipinski definition) is 5. The number of rotatable bonds is 61. The summed E-state index contributed by atoms with van der Waals surface area (Å²) >= 11 is 0. The van der Waals surface area contributed by atoms with Crippen molar-refractivity contribution in [2.75, 3.05) is 13.2 Å². The summed E-state index contributed by atoms with van der Waals surface area (Å²) in [4.78, 5) is 24.5. The van der Waals surface area contributed by atoms with Gasteiger partial charge in [0.1, 0.15) is 0 Å². The van der Waals surface area contributed by atoms with Crippen LogP contribution in [0.5, 0.6) is 0 Å². The molecule has 6 nitrogen and oxygen atoms in total. The van der Waals surface area contributed by atoms with Gasteiger partial charge in [-0.2, -0.15) is 0 Å². The Kier molecular flexibility index (Phi) is 59.9. The third-order valence-electron chi connectivity index (χ3n) is 15.3. The summed E-state index contributed by atoms with van der Waals surface area (Å²) in [6.45, 7) is 4.93. The van der Waals surface area contributed by atoms with Gasteiger partial charge in [0.25, 0.3) is 0 Å². The Labute approximate surface area is 444 Å². The molecule has 0 aliphatic heterocycles. The van der Waals surface area contributed by atoms with Gasteiger partial charge in [-0.25, -0.2) is 0 Å². The Bertz CT molecular complexity index is 1060. The van der Waals surface area contributed by atoms with E-state index in [1.54, 1.807) is 6.08 Å². The summed E-state index contributed by atoms with van der Waals surface area (Å²) in [7, 11) is 0. The van der Waals surface area contributed by atoms with Crippen LogP contribution >= 0.6 is 0 Å². The molecule has 71 heavy (non-hydrogen) atoms. The highest BCUT2D eigenvalue weighted by Crippen LogP contribution is 2.18. The molecule has 0 rings (SSSR count). The van der Waals surface area contributed by atoms with E-state index >= 15 is 0 Å². The van der Waals surface area contributed by atoms with Gasteiger partial charge < -0.3 is 20.3 Å². The Morgan fingerprint density at radius 1 is 0.380 bits per heavy atom. The van der Waals surface area contributed by atoms with Crippen LogP contribution in [0.4, 0.5) is 0 Å². The summed E-state index contributed by atoms with van der Waals surface area (Å²) in [5.74, 6) is -0.0549. The van der Waals surface area contributed by atoms with Gasteiger partial charge in [0.05, 0.1) is 25.4 Å². The molecule has 6 heteroatoms. The highest BCUT2D eigenvalue weighted by molar-refractivity contribution is 5.76. The van der Waals surface area contributed by atoms with Crippen molar-refractivity contribution in [3.8, 4) is 0 Å². The van der Waals surface area contributed by atoms with Crippen LogP contribution in [0.3, 0.4) is 0 Å². The van der Waals surface area contributed by atoms with Crippen molar-refractivity contribution < 1.29 is 24.5 Å². The van der Waals surface area contributed by atoms with Gasteiger partial charge in [0.2, 0.25) is 5.91 Å². The van der Waals surface area contributed by atoms with Gasteiger partial charge in [-0.15, -0.1) is 0 Å². The minimum Gasteiger partial charge on any atom is -0.466 e. The number of esters is 1. The van der Waals surface area contributed by atoms with Crippen LogP contribution < -0.4 is 5.32 Å². The third kappa shape index (κ3) is 57.7. The predicted molar refractivity (Wildman–Crippen MR) is 310 cm³/mol. The molecular formula is C65H127NO5. The normalized spacial score (nSPS) is 12.6. The maximum atomic E-state index is 12.5. The zero-order chi connectivity index (χ0) is 51.4.